The summed E-state index contributed by atoms with van der Waals surface area (Å²) < 4.78 is 0. The highest BCUT2D eigenvalue weighted by atomic mass is 32.2. The zero-order valence-corrected chi connectivity index (χ0v) is 13.7. The quantitative estimate of drug-likeness (QED) is 0.537. The van der Waals surface area contributed by atoms with Gasteiger partial charge in [-0.05, 0) is 56.9 Å². The lowest BCUT2D eigenvalue weighted by molar-refractivity contribution is -0.145. The highest BCUT2D eigenvalue weighted by Crippen LogP contribution is 2.28. The topological polar surface area (TPSA) is 49.3 Å². The first-order chi connectivity index (χ1) is 10.1. The van der Waals surface area contributed by atoms with E-state index in [1.807, 2.05) is 6.92 Å². The Morgan fingerprint density at radius 3 is 2.57 bits per heavy atom. The van der Waals surface area contributed by atoms with Crippen LogP contribution in [0.25, 0.3) is 0 Å². The normalized spacial score (nSPS) is 17.4. The fraction of sp³-hybridized carbons (Fsp3) is 0.588. The van der Waals surface area contributed by atoms with Gasteiger partial charge >= 0.3 is 5.97 Å². The van der Waals surface area contributed by atoms with Gasteiger partial charge in [0.2, 0.25) is 0 Å². The zero-order chi connectivity index (χ0) is 15.3. The van der Waals surface area contributed by atoms with E-state index in [9.17, 15) is 9.90 Å². The third-order valence-corrected chi connectivity index (χ3v) is 5.21. The smallest absolute Gasteiger partial charge is 0.323 e. The Kier molecular flexibility index (Phi) is 5.71. The van der Waals surface area contributed by atoms with Crippen molar-refractivity contribution in [1.29, 1.82) is 0 Å². The first-order valence-electron chi connectivity index (χ1n) is 7.76. The Morgan fingerprint density at radius 2 is 2.05 bits per heavy atom. The molecule has 2 rings (SSSR count). The molecule has 1 aliphatic rings. The molecule has 21 heavy (non-hydrogen) atoms. The van der Waals surface area contributed by atoms with Crippen LogP contribution < -0.4 is 5.32 Å². The van der Waals surface area contributed by atoms with Crippen molar-refractivity contribution in [2.45, 2.75) is 62.4 Å². The number of carboxylic acid groups (broad SMARTS) is 1. The molecule has 1 aliphatic carbocycles. The predicted octanol–water partition coefficient (Wildman–Crippen LogP) is 3.85. The molecule has 1 aromatic carbocycles. The molecule has 1 unspecified atom stereocenters. The molecule has 2 N–H and O–H groups in total. The van der Waals surface area contributed by atoms with E-state index in [1.165, 1.54) is 10.5 Å². The fourth-order valence-electron chi connectivity index (χ4n) is 2.49. The van der Waals surface area contributed by atoms with E-state index in [0.29, 0.717) is 18.9 Å². The molecular formula is C17H25NO2S. The predicted molar refractivity (Wildman–Crippen MR) is 88.0 cm³/mol. The number of hydrogen-bond acceptors (Lipinski definition) is 3. The molecule has 1 aromatic rings. The number of thioether (sulfide) groups is 1. The van der Waals surface area contributed by atoms with Gasteiger partial charge in [-0.1, -0.05) is 24.6 Å². The molecule has 0 bridgehead atoms. The lowest BCUT2D eigenvalue weighted by atomic mass is 9.90. The lowest BCUT2D eigenvalue weighted by Gasteiger charge is -2.29. The molecule has 1 saturated carbocycles. The molecule has 0 aliphatic heterocycles. The molecule has 0 aromatic heterocycles. The average Bonchev–Trinajstić information content (AvgIpc) is 3.27. The van der Waals surface area contributed by atoms with Crippen LogP contribution in [-0.4, -0.2) is 28.4 Å². The molecule has 1 atom stereocenters. The number of nitrogens with one attached hydrogen (secondary N) is 1. The van der Waals surface area contributed by atoms with Crippen molar-refractivity contribution in [3.63, 3.8) is 0 Å². The molecule has 0 spiro atoms. The third kappa shape index (κ3) is 4.75. The van der Waals surface area contributed by atoms with Gasteiger partial charge in [0.05, 0.1) is 0 Å². The summed E-state index contributed by atoms with van der Waals surface area (Å²) in [5.41, 5.74) is 0.540. The van der Waals surface area contributed by atoms with Crippen LogP contribution in [0.4, 0.5) is 0 Å². The van der Waals surface area contributed by atoms with Crippen LogP contribution in [0.1, 0.15) is 44.6 Å². The van der Waals surface area contributed by atoms with Gasteiger partial charge in [0.1, 0.15) is 5.54 Å². The van der Waals surface area contributed by atoms with Crippen molar-refractivity contribution in [2.75, 3.05) is 5.75 Å². The van der Waals surface area contributed by atoms with Gasteiger partial charge < -0.3 is 5.11 Å². The maximum atomic E-state index is 11.6. The Morgan fingerprint density at radius 1 is 1.38 bits per heavy atom. The van der Waals surface area contributed by atoms with E-state index in [0.717, 1.165) is 25.0 Å². The van der Waals surface area contributed by atoms with Crippen LogP contribution in [0, 0.1) is 6.92 Å². The summed E-state index contributed by atoms with van der Waals surface area (Å²) in [6.45, 7) is 4.05. The van der Waals surface area contributed by atoms with Gasteiger partial charge in [-0.25, -0.2) is 0 Å². The van der Waals surface area contributed by atoms with Gasteiger partial charge in [-0.3, -0.25) is 10.1 Å². The number of aliphatic carboxylic acids is 1. The van der Waals surface area contributed by atoms with E-state index in [2.05, 4.69) is 36.5 Å². The van der Waals surface area contributed by atoms with Crippen molar-refractivity contribution in [3.05, 3.63) is 29.8 Å². The Bertz CT molecular complexity index is 470. The van der Waals surface area contributed by atoms with Gasteiger partial charge in [0, 0.05) is 10.9 Å². The minimum Gasteiger partial charge on any atom is -0.480 e. The summed E-state index contributed by atoms with van der Waals surface area (Å²) in [7, 11) is 0. The second kappa shape index (κ2) is 7.32. The number of carbonyl (C=O) groups is 1. The molecule has 0 heterocycles. The third-order valence-electron chi connectivity index (χ3n) is 4.11. The Balaban J connectivity index is 1.81. The highest BCUT2D eigenvalue weighted by Gasteiger charge is 2.40. The molecule has 4 heteroatoms. The van der Waals surface area contributed by atoms with Gasteiger partial charge in [-0.2, -0.15) is 0 Å². The number of benzene rings is 1. The van der Waals surface area contributed by atoms with Crippen molar-refractivity contribution in [3.8, 4) is 0 Å². The van der Waals surface area contributed by atoms with E-state index in [1.54, 1.807) is 11.8 Å². The highest BCUT2D eigenvalue weighted by molar-refractivity contribution is 7.99. The van der Waals surface area contributed by atoms with E-state index in [-0.39, 0.29) is 0 Å². The van der Waals surface area contributed by atoms with E-state index >= 15 is 0 Å². The number of rotatable bonds is 9. The molecular weight excluding hydrogens is 282 g/mol. The minimum absolute atomic E-state index is 0.422. The molecule has 1 fully saturated rings. The first kappa shape index (κ1) is 16.4. The van der Waals surface area contributed by atoms with Gasteiger partial charge in [-0.15, -0.1) is 11.8 Å². The first-order valence-corrected chi connectivity index (χ1v) is 8.75. The van der Waals surface area contributed by atoms with Crippen LogP contribution in [0.5, 0.6) is 0 Å². The fourth-order valence-corrected chi connectivity index (χ4v) is 3.34. The molecule has 3 nitrogen and oxygen atoms in total. The summed E-state index contributed by atoms with van der Waals surface area (Å²) in [5.74, 6) is 0.266. The van der Waals surface area contributed by atoms with Crippen molar-refractivity contribution in [1.82, 2.24) is 5.32 Å². The maximum Gasteiger partial charge on any atom is 0.323 e. The standard InChI is InChI=1S/C17H25NO2S/c1-3-17(16(19)20,18-14-7-8-14)11-4-12-21-15-9-5-13(2)6-10-15/h5-6,9-10,14,18H,3-4,7-8,11-12H2,1-2H3,(H,19,20). The molecule has 0 radical (unpaired) electrons. The molecule has 0 amide bonds. The average molecular weight is 307 g/mol. The lowest BCUT2D eigenvalue weighted by Crippen LogP contribution is -2.52. The summed E-state index contributed by atoms with van der Waals surface area (Å²) in [4.78, 5) is 12.9. The Labute approximate surface area is 131 Å². The summed E-state index contributed by atoms with van der Waals surface area (Å²) in [5, 5.41) is 12.9. The second-order valence-electron chi connectivity index (χ2n) is 5.92. The van der Waals surface area contributed by atoms with Gasteiger partial charge in [0.15, 0.2) is 0 Å². The number of hydrogen-bond donors (Lipinski definition) is 2. The maximum absolute atomic E-state index is 11.6. The SMILES string of the molecule is CCC(CCCSc1ccc(C)cc1)(NC1CC1)C(=O)O. The zero-order valence-electron chi connectivity index (χ0n) is 12.9. The van der Waals surface area contributed by atoms with Crippen LogP contribution in [-0.2, 0) is 4.79 Å². The molecule has 116 valence electrons. The van der Waals surface area contributed by atoms with E-state index < -0.39 is 11.5 Å². The van der Waals surface area contributed by atoms with Crippen LogP contribution in [0.3, 0.4) is 0 Å². The van der Waals surface area contributed by atoms with E-state index in [4.69, 9.17) is 0 Å². The summed E-state index contributed by atoms with van der Waals surface area (Å²) in [6.07, 6.45) is 4.50. The molecule has 0 saturated heterocycles. The van der Waals surface area contributed by atoms with Crippen molar-refractivity contribution in [2.24, 2.45) is 0 Å². The minimum atomic E-state index is -0.727. The second-order valence-corrected chi connectivity index (χ2v) is 7.09. The number of carboxylic acids is 1. The van der Waals surface area contributed by atoms with Crippen molar-refractivity contribution >= 4 is 17.7 Å². The van der Waals surface area contributed by atoms with Crippen molar-refractivity contribution < 1.29 is 9.90 Å². The largest absolute Gasteiger partial charge is 0.480 e. The summed E-state index contributed by atoms with van der Waals surface area (Å²) in [6, 6.07) is 8.92. The van der Waals surface area contributed by atoms with Crippen LogP contribution in [0.15, 0.2) is 29.2 Å². The van der Waals surface area contributed by atoms with Crippen LogP contribution >= 0.6 is 11.8 Å². The van der Waals surface area contributed by atoms with Gasteiger partial charge in [0.25, 0.3) is 0 Å². The summed E-state index contributed by atoms with van der Waals surface area (Å²) >= 11 is 1.81. The monoisotopic (exact) mass is 307 g/mol. The van der Waals surface area contributed by atoms with Crippen LogP contribution in [0.2, 0.25) is 0 Å². The Hall–Kier alpha value is -1.00. The number of aryl methyl sites for hydroxylation is 1.